The summed E-state index contributed by atoms with van der Waals surface area (Å²) in [5.41, 5.74) is 0. The molecule has 0 bridgehead atoms. The summed E-state index contributed by atoms with van der Waals surface area (Å²) in [6, 6.07) is 3.83. The first-order valence-corrected chi connectivity index (χ1v) is 10.4. The van der Waals surface area contributed by atoms with E-state index in [2.05, 4.69) is 31.9 Å². The van der Waals surface area contributed by atoms with E-state index in [0.717, 1.165) is 49.3 Å². The standard InChI is InChI=1S/C18H27N5O2S/c1-2-3-9-19-16(24)14-26-18-21-20-17(22-10-5-4-6-11-22)23(18)13-15-8-7-12-25-15/h7-8,12H,2-6,9-11,13-14H2,1H3,(H,19,24). The number of hydrogen-bond donors (Lipinski definition) is 1. The SMILES string of the molecule is CCCCNC(=O)CSc1nnc(N2CCCCC2)n1Cc1ccco1. The number of anilines is 1. The van der Waals surface area contributed by atoms with Gasteiger partial charge in [-0.3, -0.25) is 9.36 Å². The predicted molar refractivity (Wildman–Crippen MR) is 103 cm³/mol. The van der Waals surface area contributed by atoms with Crippen LogP contribution in [0.2, 0.25) is 0 Å². The van der Waals surface area contributed by atoms with Gasteiger partial charge in [0.2, 0.25) is 11.9 Å². The van der Waals surface area contributed by atoms with Crippen LogP contribution in [0.3, 0.4) is 0 Å². The van der Waals surface area contributed by atoms with Crippen LogP contribution in [-0.2, 0) is 11.3 Å². The number of piperidine rings is 1. The summed E-state index contributed by atoms with van der Waals surface area (Å²) in [4.78, 5) is 14.3. The van der Waals surface area contributed by atoms with Crippen molar-refractivity contribution in [2.24, 2.45) is 0 Å². The van der Waals surface area contributed by atoms with Crippen LogP contribution in [0.25, 0.3) is 0 Å². The Morgan fingerprint density at radius 3 is 2.88 bits per heavy atom. The summed E-state index contributed by atoms with van der Waals surface area (Å²) in [7, 11) is 0. The van der Waals surface area contributed by atoms with Crippen LogP contribution in [0.5, 0.6) is 0 Å². The smallest absolute Gasteiger partial charge is 0.230 e. The molecule has 142 valence electrons. The molecule has 0 atom stereocenters. The third kappa shape index (κ3) is 5.03. The molecule has 0 aliphatic carbocycles. The molecule has 0 spiro atoms. The minimum absolute atomic E-state index is 0.0375. The first-order valence-electron chi connectivity index (χ1n) is 9.38. The molecule has 1 N–H and O–H groups in total. The number of unbranched alkanes of at least 4 members (excludes halogenated alkanes) is 1. The van der Waals surface area contributed by atoms with E-state index >= 15 is 0 Å². The van der Waals surface area contributed by atoms with Gasteiger partial charge < -0.3 is 14.6 Å². The molecule has 1 aliphatic heterocycles. The topological polar surface area (TPSA) is 76.2 Å². The number of thioether (sulfide) groups is 1. The minimum Gasteiger partial charge on any atom is -0.467 e. The molecule has 3 rings (SSSR count). The van der Waals surface area contributed by atoms with E-state index in [1.165, 1.54) is 31.0 Å². The van der Waals surface area contributed by atoms with E-state index in [-0.39, 0.29) is 5.91 Å². The van der Waals surface area contributed by atoms with Crippen molar-refractivity contribution in [3.05, 3.63) is 24.2 Å². The lowest BCUT2D eigenvalue weighted by Gasteiger charge is -2.27. The number of nitrogens with one attached hydrogen (secondary N) is 1. The van der Waals surface area contributed by atoms with Gasteiger partial charge in [-0.05, 0) is 37.8 Å². The lowest BCUT2D eigenvalue weighted by molar-refractivity contribution is -0.118. The van der Waals surface area contributed by atoms with E-state index in [1.807, 2.05) is 12.1 Å². The maximum absolute atomic E-state index is 12.0. The monoisotopic (exact) mass is 377 g/mol. The van der Waals surface area contributed by atoms with Gasteiger partial charge >= 0.3 is 0 Å². The molecule has 7 nitrogen and oxygen atoms in total. The average Bonchev–Trinajstić information content (AvgIpc) is 3.31. The number of amides is 1. The molecule has 2 aromatic rings. The van der Waals surface area contributed by atoms with Gasteiger partial charge in [0.25, 0.3) is 0 Å². The highest BCUT2D eigenvalue weighted by Crippen LogP contribution is 2.25. The van der Waals surface area contributed by atoms with Crippen LogP contribution >= 0.6 is 11.8 Å². The summed E-state index contributed by atoms with van der Waals surface area (Å²) in [6.45, 7) is 5.41. The lowest BCUT2D eigenvalue weighted by atomic mass is 10.1. The molecule has 0 unspecified atom stereocenters. The van der Waals surface area contributed by atoms with E-state index in [9.17, 15) is 4.79 Å². The first kappa shape index (κ1) is 18.8. The van der Waals surface area contributed by atoms with E-state index in [0.29, 0.717) is 12.3 Å². The molecular formula is C18H27N5O2S. The van der Waals surface area contributed by atoms with Crippen molar-refractivity contribution in [3.8, 4) is 0 Å². The average molecular weight is 378 g/mol. The summed E-state index contributed by atoms with van der Waals surface area (Å²) < 4.78 is 7.58. The van der Waals surface area contributed by atoms with Crippen LogP contribution in [0.1, 0.15) is 44.8 Å². The van der Waals surface area contributed by atoms with Gasteiger partial charge in [-0.1, -0.05) is 25.1 Å². The molecule has 0 aromatic carbocycles. The van der Waals surface area contributed by atoms with Gasteiger partial charge in [0.05, 0.1) is 18.6 Å². The summed E-state index contributed by atoms with van der Waals surface area (Å²) in [5, 5.41) is 12.5. The Balaban J connectivity index is 1.69. The molecular weight excluding hydrogens is 350 g/mol. The Morgan fingerprint density at radius 2 is 2.15 bits per heavy atom. The van der Waals surface area contributed by atoms with Crippen LogP contribution < -0.4 is 10.2 Å². The van der Waals surface area contributed by atoms with E-state index in [1.54, 1.807) is 6.26 Å². The Bertz CT molecular complexity index is 680. The van der Waals surface area contributed by atoms with Crippen molar-refractivity contribution in [3.63, 3.8) is 0 Å². The molecule has 0 saturated carbocycles. The van der Waals surface area contributed by atoms with Gasteiger partial charge in [0.15, 0.2) is 5.16 Å². The number of furan rings is 1. The first-order chi connectivity index (χ1) is 12.8. The Morgan fingerprint density at radius 1 is 1.31 bits per heavy atom. The van der Waals surface area contributed by atoms with Crippen molar-refractivity contribution in [2.45, 2.75) is 50.7 Å². The van der Waals surface area contributed by atoms with Gasteiger partial charge in [0, 0.05) is 19.6 Å². The largest absolute Gasteiger partial charge is 0.467 e. The predicted octanol–water partition coefficient (Wildman–Crippen LogP) is 2.92. The maximum Gasteiger partial charge on any atom is 0.230 e. The third-order valence-electron chi connectivity index (χ3n) is 4.42. The number of carbonyl (C=O) groups excluding carboxylic acids is 1. The summed E-state index contributed by atoms with van der Waals surface area (Å²) >= 11 is 1.43. The second-order valence-corrected chi connectivity index (χ2v) is 7.43. The van der Waals surface area contributed by atoms with Crippen LogP contribution in [0, 0.1) is 0 Å². The summed E-state index contributed by atoms with van der Waals surface area (Å²) in [6.07, 6.45) is 7.37. The number of hydrogen-bond acceptors (Lipinski definition) is 6. The van der Waals surface area contributed by atoms with Gasteiger partial charge in [-0.2, -0.15) is 0 Å². The zero-order valence-electron chi connectivity index (χ0n) is 15.3. The lowest BCUT2D eigenvalue weighted by Crippen LogP contribution is -2.32. The molecule has 8 heteroatoms. The van der Waals surface area contributed by atoms with Gasteiger partial charge in [-0.15, -0.1) is 10.2 Å². The van der Waals surface area contributed by atoms with Gasteiger partial charge in [-0.25, -0.2) is 0 Å². The molecule has 1 amide bonds. The number of carbonyl (C=O) groups is 1. The van der Waals surface area contributed by atoms with Crippen LogP contribution in [0.15, 0.2) is 28.0 Å². The summed E-state index contributed by atoms with van der Waals surface area (Å²) in [5.74, 6) is 2.11. The fraction of sp³-hybridized carbons (Fsp3) is 0.611. The van der Waals surface area contributed by atoms with Crippen LogP contribution in [-0.4, -0.2) is 46.1 Å². The second kappa shape index (κ2) is 9.66. The number of nitrogens with zero attached hydrogens (tertiary/aromatic N) is 4. The fourth-order valence-electron chi connectivity index (χ4n) is 3.00. The third-order valence-corrected chi connectivity index (χ3v) is 5.38. The fourth-order valence-corrected chi connectivity index (χ4v) is 3.76. The zero-order valence-corrected chi connectivity index (χ0v) is 16.1. The molecule has 1 fully saturated rings. The minimum atomic E-state index is 0.0375. The molecule has 2 aromatic heterocycles. The Kier molecular flexibility index (Phi) is 6.99. The molecule has 26 heavy (non-hydrogen) atoms. The number of aromatic nitrogens is 3. The second-order valence-electron chi connectivity index (χ2n) is 6.49. The quantitative estimate of drug-likeness (QED) is 0.535. The molecule has 1 aliphatic rings. The van der Waals surface area contributed by atoms with Crippen molar-refractivity contribution in [2.75, 3.05) is 30.3 Å². The normalized spacial score (nSPS) is 14.6. The Labute approximate surface area is 158 Å². The Hall–Kier alpha value is -1.96. The van der Waals surface area contributed by atoms with Gasteiger partial charge in [0.1, 0.15) is 5.76 Å². The van der Waals surface area contributed by atoms with Crippen LogP contribution in [0.4, 0.5) is 5.95 Å². The number of rotatable bonds is 9. The van der Waals surface area contributed by atoms with E-state index in [4.69, 9.17) is 4.42 Å². The van der Waals surface area contributed by atoms with E-state index < -0.39 is 0 Å². The van der Waals surface area contributed by atoms with Crippen molar-refractivity contribution in [1.82, 2.24) is 20.1 Å². The van der Waals surface area contributed by atoms with Crippen molar-refractivity contribution in [1.29, 1.82) is 0 Å². The van der Waals surface area contributed by atoms with Crippen molar-refractivity contribution >= 4 is 23.6 Å². The highest BCUT2D eigenvalue weighted by atomic mass is 32.2. The zero-order chi connectivity index (χ0) is 18.2. The highest BCUT2D eigenvalue weighted by molar-refractivity contribution is 7.99. The molecule has 0 radical (unpaired) electrons. The highest BCUT2D eigenvalue weighted by Gasteiger charge is 2.21. The van der Waals surface area contributed by atoms with Crippen molar-refractivity contribution < 1.29 is 9.21 Å². The maximum atomic E-state index is 12.0. The molecule has 3 heterocycles. The molecule has 1 saturated heterocycles.